The summed E-state index contributed by atoms with van der Waals surface area (Å²) < 4.78 is 2.41. The average molecular weight is 269 g/mol. The van der Waals surface area contributed by atoms with Gasteiger partial charge in [0.1, 0.15) is 0 Å². The number of nitrogens with two attached hydrogens (primary N) is 1. The van der Waals surface area contributed by atoms with E-state index in [1.165, 1.54) is 0 Å². The van der Waals surface area contributed by atoms with Gasteiger partial charge in [0, 0.05) is 12.4 Å². The van der Waals surface area contributed by atoms with Gasteiger partial charge in [-0.1, -0.05) is 0 Å². The molecule has 78 valence electrons. The minimum Gasteiger partial charge on any atom is -0.292 e. The zero-order valence-electron chi connectivity index (χ0n) is 7.98. The molecule has 0 saturated heterocycles. The summed E-state index contributed by atoms with van der Waals surface area (Å²) in [5.74, 6) is 6.23. The Kier molecular flexibility index (Phi) is 2.65. The van der Waals surface area contributed by atoms with E-state index >= 15 is 0 Å². The normalized spacial score (nSPS) is 10.3. The molecule has 0 aromatic carbocycles. The molecule has 0 radical (unpaired) electrons. The fourth-order valence-corrected chi connectivity index (χ4v) is 1.49. The van der Waals surface area contributed by atoms with Crippen LogP contribution in [0.15, 0.2) is 22.9 Å². The van der Waals surface area contributed by atoms with Crippen LogP contribution in [0.2, 0.25) is 0 Å². The van der Waals surface area contributed by atoms with Gasteiger partial charge in [0.2, 0.25) is 5.95 Å². The van der Waals surface area contributed by atoms with Gasteiger partial charge in [-0.3, -0.25) is 5.43 Å². The average Bonchev–Trinajstić information content (AvgIpc) is 2.65. The number of aromatic nitrogens is 4. The van der Waals surface area contributed by atoms with E-state index in [1.807, 2.05) is 19.2 Å². The summed E-state index contributed by atoms with van der Waals surface area (Å²) in [4.78, 5) is 8.14. The van der Waals surface area contributed by atoms with Gasteiger partial charge >= 0.3 is 0 Å². The van der Waals surface area contributed by atoms with Gasteiger partial charge in [-0.15, -0.1) is 0 Å². The number of hydrogen-bond acceptors (Lipinski definition) is 5. The van der Waals surface area contributed by atoms with E-state index in [4.69, 9.17) is 5.84 Å². The van der Waals surface area contributed by atoms with Crippen molar-refractivity contribution in [3.05, 3.63) is 28.6 Å². The van der Waals surface area contributed by atoms with E-state index in [0.29, 0.717) is 11.8 Å². The monoisotopic (exact) mass is 268 g/mol. The van der Waals surface area contributed by atoms with Crippen LogP contribution in [0, 0.1) is 6.92 Å². The van der Waals surface area contributed by atoms with Crippen LogP contribution in [0.25, 0.3) is 5.82 Å². The number of nitrogens with zero attached hydrogens (tertiary/aromatic N) is 4. The second-order valence-corrected chi connectivity index (χ2v) is 3.77. The van der Waals surface area contributed by atoms with Gasteiger partial charge in [-0.2, -0.15) is 10.1 Å². The highest BCUT2D eigenvalue weighted by Crippen LogP contribution is 2.18. The second-order valence-electron chi connectivity index (χ2n) is 2.91. The maximum Gasteiger partial charge on any atom is 0.239 e. The Morgan fingerprint density at radius 3 is 2.93 bits per heavy atom. The van der Waals surface area contributed by atoms with E-state index in [-0.39, 0.29) is 0 Å². The van der Waals surface area contributed by atoms with Crippen molar-refractivity contribution in [3.8, 4) is 5.82 Å². The van der Waals surface area contributed by atoms with E-state index in [1.54, 1.807) is 10.9 Å². The molecule has 15 heavy (non-hydrogen) atoms. The van der Waals surface area contributed by atoms with Gasteiger partial charge in [-0.05, 0) is 28.9 Å². The number of rotatable bonds is 2. The number of nitrogen functional groups attached to an aromatic ring is 1. The van der Waals surface area contributed by atoms with E-state index in [2.05, 4.69) is 36.4 Å². The number of aryl methyl sites for hydroxylation is 1. The maximum atomic E-state index is 5.23. The molecular weight excluding hydrogens is 260 g/mol. The lowest BCUT2D eigenvalue weighted by Gasteiger charge is -2.04. The summed E-state index contributed by atoms with van der Waals surface area (Å²) in [6.07, 6.45) is 3.44. The number of nitrogens with one attached hydrogen (secondary N) is 1. The van der Waals surface area contributed by atoms with E-state index in [9.17, 15) is 0 Å². The standard InChI is InChI=1S/C8H9BrN6/c1-5-2-3-15(14-5)7-6(9)4-11-8(12-7)13-10/h2-4H,10H2,1H3,(H,11,12,13). The highest BCUT2D eigenvalue weighted by atomic mass is 79.9. The van der Waals surface area contributed by atoms with E-state index in [0.717, 1.165) is 10.2 Å². The molecule has 0 aliphatic carbocycles. The van der Waals surface area contributed by atoms with Crippen molar-refractivity contribution >= 4 is 21.9 Å². The van der Waals surface area contributed by atoms with Gasteiger partial charge in [0.15, 0.2) is 5.82 Å². The molecule has 3 N–H and O–H groups in total. The van der Waals surface area contributed by atoms with Crippen LogP contribution in [0.4, 0.5) is 5.95 Å². The minimum absolute atomic E-state index is 0.348. The molecule has 2 heterocycles. The van der Waals surface area contributed by atoms with Crippen LogP contribution in [-0.2, 0) is 0 Å². The Balaban J connectivity index is 2.51. The molecule has 0 unspecified atom stereocenters. The SMILES string of the molecule is Cc1ccn(-c2nc(NN)ncc2Br)n1. The molecular formula is C8H9BrN6. The molecule has 0 aliphatic heterocycles. The zero-order valence-corrected chi connectivity index (χ0v) is 9.56. The minimum atomic E-state index is 0.348. The largest absolute Gasteiger partial charge is 0.292 e. The topological polar surface area (TPSA) is 81.7 Å². The smallest absolute Gasteiger partial charge is 0.239 e. The maximum absolute atomic E-state index is 5.23. The Labute approximate surface area is 94.6 Å². The Morgan fingerprint density at radius 1 is 1.53 bits per heavy atom. The van der Waals surface area contributed by atoms with Crippen LogP contribution >= 0.6 is 15.9 Å². The first-order chi connectivity index (χ1) is 7.20. The fraction of sp³-hybridized carbons (Fsp3) is 0.125. The summed E-state index contributed by atoms with van der Waals surface area (Å²) in [6, 6.07) is 1.89. The van der Waals surface area contributed by atoms with Crippen molar-refractivity contribution < 1.29 is 0 Å². The van der Waals surface area contributed by atoms with Gasteiger partial charge in [-0.25, -0.2) is 15.5 Å². The molecule has 0 amide bonds. The van der Waals surface area contributed by atoms with E-state index < -0.39 is 0 Å². The van der Waals surface area contributed by atoms with Crippen LogP contribution < -0.4 is 11.3 Å². The number of halogens is 1. The molecule has 0 saturated carbocycles. The highest BCUT2D eigenvalue weighted by molar-refractivity contribution is 9.10. The molecule has 0 aliphatic rings. The van der Waals surface area contributed by atoms with Crippen molar-refractivity contribution in [3.63, 3.8) is 0 Å². The Bertz CT molecular complexity index is 480. The Morgan fingerprint density at radius 2 is 2.33 bits per heavy atom. The van der Waals surface area contributed by atoms with Gasteiger partial charge < -0.3 is 0 Å². The third-order valence-corrected chi connectivity index (χ3v) is 2.35. The van der Waals surface area contributed by atoms with Crippen molar-refractivity contribution in [2.24, 2.45) is 5.84 Å². The molecule has 0 spiro atoms. The highest BCUT2D eigenvalue weighted by Gasteiger charge is 2.07. The van der Waals surface area contributed by atoms with Crippen molar-refractivity contribution in [2.45, 2.75) is 6.92 Å². The molecule has 2 aromatic heterocycles. The van der Waals surface area contributed by atoms with Crippen LogP contribution in [0.3, 0.4) is 0 Å². The molecule has 0 atom stereocenters. The quantitative estimate of drug-likeness (QED) is 0.628. The lowest BCUT2D eigenvalue weighted by molar-refractivity contribution is 0.821. The Hall–Kier alpha value is -1.47. The predicted octanol–water partition coefficient (Wildman–Crippen LogP) is 1.02. The molecule has 0 fully saturated rings. The lowest BCUT2D eigenvalue weighted by atomic mass is 10.5. The lowest BCUT2D eigenvalue weighted by Crippen LogP contribution is -2.12. The summed E-state index contributed by atoms with van der Waals surface area (Å²) in [6.45, 7) is 1.91. The predicted molar refractivity (Wildman–Crippen MR) is 59.4 cm³/mol. The number of hydrogen-bond donors (Lipinski definition) is 2. The molecule has 0 bridgehead atoms. The van der Waals surface area contributed by atoms with Crippen LogP contribution in [-0.4, -0.2) is 19.7 Å². The second kappa shape index (κ2) is 3.95. The summed E-state index contributed by atoms with van der Waals surface area (Å²) in [5.41, 5.74) is 3.31. The summed E-state index contributed by atoms with van der Waals surface area (Å²) in [7, 11) is 0. The molecule has 2 aromatic rings. The van der Waals surface area contributed by atoms with Crippen molar-refractivity contribution in [1.29, 1.82) is 0 Å². The fourth-order valence-electron chi connectivity index (χ4n) is 1.12. The molecule has 2 rings (SSSR count). The van der Waals surface area contributed by atoms with Crippen LogP contribution in [0.1, 0.15) is 5.69 Å². The first-order valence-corrected chi connectivity index (χ1v) is 5.02. The first-order valence-electron chi connectivity index (χ1n) is 4.22. The third kappa shape index (κ3) is 1.97. The van der Waals surface area contributed by atoms with Crippen molar-refractivity contribution in [1.82, 2.24) is 19.7 Å². The van der Waals surface area contributed by atoms with Gasteiger partial charge in [0.25, 0.3) is 0 Å². The van der Waals surface area contributed by atoms with Crippen LogP contribution in [0.5, 0.6) is 0 Å². The third-order valence-electron chi connectivity index (χ3n) is 1.79. The molecule has 7 heteroatoms. The van der Waals surface area contributed by atoms with Gasteiger partial charge in [0.05, 0.1) is 10.2 Å². The van der Waals surface area contributed by atoms with Crippen molar-refractivity contribution in [2.75, 3.05) is 5.43 Å². The number of anilines is 1. The summed E-state index contributed by atoms with van der Waals surface area (Å²) in [5, 5.41) is 4.24. The molecule has 6 nitrogen and oxygen atoms in total. The first kappa shape index (κ1) is 10.1. The summed E-state index contributed by atoms with van der Waals surface area (Å²) >= 11 is 3.35. The number of hydrazine groups is 1. The zero-order chi connectivity index (χ0) is 10.8.